The van der Waals surface area contributed by atoms with Crippen LogP contribution < -0.4 is 0 Å². The number of quaternary nitrogens is 1. The van der Waals surface area contributed by atoms with Gasteiger partial charge in [-0.15, -0.1) is 0 Å². The molecule has 0 atom stereocenters. The second-order valence-corrected chi connectivity index (χ2v) is 6.02. The molecule has 5 heteroatoms. The van der Waals surface area contributed by atoms with Crippen LogP contribution in [0.4, 0.5) is 0 Å². The molecule has 0 N–H and O–H groups in total. The Balaban J connectivity index is 4.04. The highest BCUT2D eigenvalue weighted by atomic mass is 32.2. The van der Waals surface area contributed by atoms with Gasteiger partial charge in [-0.2, -0.15) is 0 Å². The molecule has 0 aromatic carbocycles. The van der Waals surface area contributed by atoms with E-state index in [9.17, 15) is 13.0 Å². The number of nitrogens with zero attached hydrogens (tertiary/aromatic N) is 1. The van der Waals surface area contributed by atoms with Gasteiger partial charge in [0.2, 0.25) is 0 Å². The van der Waals surface area contributed by atoms with E-state index in [0.717, 1.165) is 6.54 Å². The van der Waals surface area contributed by atoms with Gasteiger partial charge in [-0.25, -0.2) is 8.42 Å². The minimum absolute atomic E-state index is 0.271. The fourth-order valence-electron chi connectivity index (χ4n) is 1.44. The summed E-state index contributed by atoms with van der Waals surface area (Å²) in [4.78, 5) is 0. The van der Waals surface area contributed by atoms with E-state index in [2.05, 4.69) is 13.8 Å². The van der Waals surface area contributed by atoms with Crippen LogP contribution in [0.1, 0.15) is 13.8 Å². The monoisotopic (exact) mass is 209 g/mol. The van der Waals surface area contributed by atoms with Crippen molar-refractivity contribution in [1.82, 2.24) is 0 Å². The zero-order valence-corrected chi connectivity index (χ0v) is 9.60. The van der Waals surface area contributed by atoms with Gasteiger partial charge in [0.25, 0.3) is 0 Å². The lowest BCUT2D eigenvalue weighted by molar-refractivity contribution is -0.890. The van der Waals surface area contributed by atoms with Gasteiger partial charge in [-0.1, -0.05) is 13.8 Å². The van der Waals surface area contributed by atoms with Crippen LogP contribution in [0.3, 0.4) is 0 Å². The molecule has 0 aliphatic heterocycles. The maximum absolute atomic E-state index is 10.4. The second-order valence-electron chi connectivity index (χ2n) is 4.50. The third-order valence-electron chi connectivity index (χ3n) is 1.81. The highest BCUT2D eigenvalue weighted by Gasteiger charge is 2.17. The predicted octanol–water partition coefficient (Wildman–Crippen LogP) is 0.264. The van der Waals surface area contributed by atoms with Crippen LogP contribution in [0.5, 0.6) is 0 Å². The first-order valence-corrected chi connectivity index (χ1v) is 5.96. The zero-order chi connectivity index (χ0) is 10.7. The Morgan fingerprint density at radius 2 is 1.77 bits per heavy atom. The van der Waals surface area contributed by atoms with Crippen molar-refractivity contribution in [3.8, 4) is 0 Å². The Bertz CT molecular complexity index is 244. The molecule has 80 valence electrons. The minimum atomic E-state index is -4.06. The molecule has 0 aliphatic rings. The van der Waals surface area contributed by atoms with Crippen LogP contribution in [-0.2, 0) is 10.1 Å². The molecule has 0 fully saturated rings. The molecule has 0 aromatic heterocycles. The van der Waals surface area contributed by atoms with E-state index in [4.69, 9.17) is 0 Å². The molecular weight excluding hydrogens is 190 g/mol. The van der Waals surface area contributed by atoms with Crippen LogP contribution in [0.25, 0.3) is 0 Å². The maximum Gasteiger partial charge on any atom is 0.100 e. The van der Waals surface area contributed by atoms with Gasteiger partial charge in [0.15, 0.2) is 0 Å². The highest BCUT2D eigenvalue weighted by molar-refractivity contribution is 7.85. The van der Waals surface area contributed by atoms with Crippen LogP contribution in [-0.4, -0.2) is 50.4 Å². The van der Waals surface area contributed by atoms with Gasteiger partial charge < -0.3 is 9.04 Å². The minimum Gasteiger partial charge on any atom is -0.748 e. The molecule has 0 amide bonds. The third-order valence-corrected chi connectivity index (χ3v) is 2.49. The van der Waals surface area contributed by atoms with Crippen LogP contribution >= 0.6 is 0 Å². The number of hydrogen-bond donors (Lipinski definition) is 0. The van der Waals surface area contributed by atoms with E-state index in [-0.39, 0.29) is 5.75 Å². The van der Waals surface area contributed by atoms with Gasteiger partial charge in [-0.05, 0) is 0 Å². The molecule has 0 saturated carbocycles. The lowest BCUT2D eigenvalue weighted by Crippen LogP contribution is -2.45. The van der Waals surface area contributed by atoms with Crippen molar-refractivity contribution in [2.45, 2.75) is 13.8 Å². The lowest BCUT2D eigenvalue weighted by atomic mass is 10.2. The Kier molecular flexibility index (Phi) is 4.35. The largest absolute Gasteiger partial charge is 0.748 e. The maximum atomic E-state index is 10.4. The first-order valence-electron chi connectivity index (χ1n) is 4.38. The zero-order valence-electron chi connectivity index (χ0n) is 8.78. The molecule has 0 aliphatic carbocycles. The van der Waals surface area contributed by atoms with Crippen LogP contribution in [0, 0.1) is 5.92 Å². The van der Waals surface area contributed by atoms with E-state index in [1.54, 1.807) is 0 Å². The summed E-state index contributed by atoms with van der Waals surface area (Å²) in [6.07, 6.45) is 0. The Labute approximate surface area is 80.9 Å². The van der Waals surface area contributed by atoms with E-state index in [0.29, 0.717) is 16.9 Å². The molecule has 0 aromatic rings. The van der Waals surface area contributed by atoms with Gasteiger partial charge >= 0.3 is 0 Å². The van der Waals surface area contributed by atoms with Crippen molar-refractivity contribution < 1.29 is 17.5 Å². The Morgan fingerprint density at radius 3 is 2.08 bits per heavy atom. The topological polar surface area (TPSA) is 57.2 Å². The summed E-state index contributed by atoms with van der Waals surface area (Å²) in [6, 6.07) is 0. The van der Waals surface area contributed by atoms with E-state index in [1.165, 1.54) is 0 Å². The van der Waals surface area contributed by atoms with Gasteiger partial charge in [0.1, 0.15) is 10.1 Å². The van der Waals surface area contributed by atoms with Crippen molar-refractivity contribution in [1.29, 1.82) is 0 Å². The molecule has 0 rings (SSSR count). The predicted molar refractivity (Wildman–Crippen MR) is 51.2 cm³/mol. The van der Waals surface area contributed by atoms with Crippen molar-refractivity contribution in [3.63, 3.8) is 0 Å². The molecule has 0 spiro atoms. The standard InChI is InChI=1S/C8H19NO3S/c1-8(2)7-9(3,4)5-6-13(10,11)12/h8H,5-7H2,1-4H3. The van der Waals surface area contributed by atoms with Gasteiger partial charge in [0, 0.05) is 5.92 Å². The average molecular weight is 209 g/mol. The Morgan fingerprint density at radius 1 is 1.31 bits per heavy atom. The van der Waals surface area contributed by atoms with E-state index < -0.39 is 10.1 Å². The van der Waals surface area contributed by atoms with E-state index >= 15 is 0 Å². The summed E-state index contributed by atoms with van der Waals surface area (Å²) in [5, 5.41) is 0. The molecule has 4 nitrogen and oxygen atoms in total. The summed E-state index contributed by atoms with van der Waals surface area (Å²) in [5.74, 6) is 0.233. The first-order chi connectivity index (χ1) is 5.62. The molecule has 13 heavy (non-hydrogen) atoms. The molecular formula is C8H19NO3S. The smallest absolute Gasteiger partial charge is 0.100 e. The number of hydrogen-bond acceptors (Lipinski definition) is 3. The van der Waals surface area contributed by atoms with Gasteiger partial charge in [0.05, 0.1) is 32.9 Å². The van der Waals surface area contributed by atoms with Crippen LogP contribution in [0.2, 0.25) is 0 Å². The Hall–Kier alpha value is -0.130. The van der Waals surface area contributed by atoms with Gasteiger partial charge in [-0.3, -0.25) is 0 Å². The van der Waals surface area contributed by atoms with Crippen LogP contribution in [0.15, 0.2) is 0 Å². The number of rotatable bonds is 5. The normalized spacial score (nSPS) is 13.7. The van der Waals surface area contributed by atoms with Crippen molar-refractivity contribution >= 4 is 10.1 Å². The molecule has 0 bridgehead atoms. The summed E-state index contributed by atoms with van der Waals surface area (Å²) in [5.41, 5.74) is 0. The summed E-state index contributed by atoms with van der Waals surface area (Å²) in [6.45, 7) is 5.43. The lowest BCUT2D eigenvalue weighted by Gasteiger charge is -2.31. The fourth-order valence-corrected chi connectivity index (χ4v) is 2.16. The molecule has 0 saturated heterocycles. The molecule has 0 heterocycles. The summed E-state index contributed by atoms with van der Waals surface area (Å²) >= 11 is 0. The second kappa shape index (κ2) is 4.39. The quantitative estimate of drug-likeness (QED) is 0.482. The van der Waals surface area contributed by atoms with E-state index in [1.807, 2.05) is 14.1 Å². The first kappa shape index (κ1) is 12.9. The van der Waals surface area contributed by atoms with Crippen molar-refractivity contribution in [2.75, 3.05) is 32.9 Å². The van der Waals surface area contributed by atoms with Crippen molar-refractivity contribution in [2.24, 2.45) is 5.92 Å². The summed E-state index contributed by atoms with van der Waals surface area (Å²) < 4.78 is 31.8. The SMILES string of the molecule is CC(C)C[N+](C)(C)CCS(=O)(=O)[O-]. The average Bonchev–Trinajstić information content (AvgIpc) is 1.79. The molecule has 0 radical (unpaired) electrons. The van der Waals surface area contributed by atoms with Crippen molar-refractivity contribution in [3.05, 3.63) is 0 Å². The highest BCUT2D eigenvalue weighted by Crippen LogP contribution is 2.04. The third kappa shape index (κ3) is 8.21. The summed E-state index contributed by atoms with van der Waals surface area (Å²) in [7, 11) is -0.187. The fraction of sp³-hybridized carbons (Fsp3) is 1.00. The molecule has 0 unspecified atom stereocenters.